The number of rotatable bonds is 8. The number of aliphatic imine (C=N–C) groups is 1. The Kier molecular flexibility index (Phi) is 9.35. The van der Waals surface area contributed by atoms with Crippen molar-refractivity contribution >= 4 is 52.3 Å². The number of guanidine groups is 1. The van der Waals surface area contributed by atoms with Crippen LogP contribution in [0.4, 0.5) is 0 Å². The van der Waals surface area contributed by atoms with E-state index in [0.29, 0.717) is 0 Å². The van der Waals surface area contributed by atoms with Crippen molar-refractivity contribution in [3.8, 4) is 0 Å². The van der Waals surface area contributed by atoms with Crippen LogP contribution in [0.15, 0.2) is 29.3 Å². The number of nitrogens with one attached hydrogen (secondary N) is 2. The van der Waals surface area contributed by atoms with Gasteiger partial charge in [-0.05, 0) is 46.2 Å². The van der Waals surface area contributed by atoms with Gasteiger partial charge in [0.15, 0.2) is 5.96 Å². The van der Waals surface area contributed by atoms with Gasteiger partial charge < -0.3 is 15.2 Å². The summed E-state index contributed by atoms with van der Waals surface area (Å²) in [6.07, 6.45) is 1.90. The number of hydrogen-bond acceptors (Lipinski definition) is 4. The predicted molar refractivity (Wildman–Crippen MR) is 134 cm³/mol. The van der Waals surface area contributed by atoms with Crippen LogP contribution in [0.5, 0.6) is 0 Å². The van der Waals surface area contributed by atoms with Gasteiger partial charge in [0.05, 0.1) is 21.7 Å². The smallest absolute Gasteiger partial charge is 0.191 e. The van der Waals surface area contributed by atoms with Crippen LogP contribution in [0.2, 0.25) is 0 Å². The Labute approximate surface area is 194 Å². The van der Waals surface area contributed by atoms with Gasteiger partial charge in [0.25, 0.3) is 0 Å². The lowest BCUT2D eigenvalue weighted by molar-refractivity contribution is 0.646. The molecule has 0 saturated heterocycles. The normalized spacial score (nSPS) is 11.5. The van der Waals surface area contributed by atoms with Gasteiger partial charge in [-0.2, -0.15) is 0 Å². The van der Waals surface area contributed by atoms with Crippen molar-refractivity contribution in [2.75, 3.05) is 19.6 Å². The number of halogens is 1. The molecule has 29 heavy (non-hydrogen) atoms. The molecular formula is C21H31IN6S. The molecule has 158 valence electrons. The zero-order valence-corrected chi connectivity index (χ0v) is 20.8. The summed E-state index contributed by atoms with van der Waals surface area (Å²) >= 11 is 1.78. The highest BCUT2D eigenvalue weighted by Gasteiger charge is 2.06. The van der Waals surface area contributed by atoms with Crippen molar-refractivity contribution in [2.24, 2.45) is 4.99 Å². The molecule has 1 aromatic carbocycles. The summed E-state index contributed by atoms with van der Waals surface area (Å²) in [5.41, 5.74) is 3.40. The molecule has 0 bridgehead atoms. The molecule has 0 radical (unpaired) electrons. The van der Waals surface area contributed by atoms with Gasteiger partial charge in [-0.3, -0.25) is 4.99 Å². The average Bonchev–Trinajstić information content (AvgIpc) is 3.17. The van der Waals surface area contributed by atoms with Crippen LogP contribution in [-0.2, 0) is 13.0 Å². The summed E-state index contributed by atoms with van der Waals surface area (Å²) in [5, 5.41) is 7.92. The summed E-state index contributed by atoms with van der Waals surface area (Å²) in [6.45, 7) is 11.7. The van der Waals surface area contributed by atoms with Crippen LogP contribution in [0.25, 0.3) is 11.0 Å². The fourth-order valence-electron chi connectivity index (χ4n) is 3.17. The molecule has 2 N–H and O–H groups in total. The van der Waals surface area contributed by atoms with Gasteiger partial charge in [-0.1, -0.05) is 12.1 Å². The monoisotopic (exact) mass is 526 g/mol. The van der Waals surface area contributed by atoms with E-state index in [0.717, 1.165) is 62.0 Å². The Morgan fingerprint density at radius 2 is 1.93 bits per heavy atom. The quantitative estimate of drug-likeness (QED) is 0.200. The predicted octanol–water partition coefficient (Wildman–Crippen LogP) is 4.22. The first kappa shape index (κ1) is 23.6. The van der Waals surface area contributed by atoms with Crippen molar-refractivity contribution in [1.82, 2.24) is 25.2 Å². The van der Waals surface area contributed by atoms with E-state index >= 15 is 0 Å². The van der Waals surface area contributed by atoms with Gasteiger partial charge in [0, 0.05) is 37.5 Å². The standard InChI is InChI=1S/C21H30N6S.HI/c1-5-22-21(24-13-11-20-25-15(2)16(3)28-20)23-12-8-14-27-17(4)26-18-9-6-7-10-19(18)27;/h6-7,9-10H,5,8,11-14H2,1-4H3,(H2,22,23,24);1H. The van der Waals surface area contributed by atoms with Gasteiger partial charge in [-0.15, -0.1) is 35.3 Å². The molecule has 0 aliphatic heterocycles. The third-order valence-electron chi connectivity index (χ3n) is 4.70. The lowest BCUT2D eigenvalue weighted by atomic mass is 10.3. The van der Waals surface area contributed by atoms with E-state index in [9.17, 15) is 0 Å². The van der Waals surface area contributed by atoms with Crippen molar-refractivity contribution in [1.29, 1.82) is 0 Å². The highest BCUT2D eigenvalue weighted by molar-refractivity contribution is 14.0. The number of para-hydroxylation sites is 2. The second-order valence-electron chi connectivity index (χ2n) is 6.84. The topological polar surface area (TPSA) is 67.1 Å². The average molecular weight is 526 g/mol. The fourth-order valence-corrected chi connectivity index (χ4v) is 4.11. The molecule has 0 aliphatic rings. The molecule has 2 heterocycles. The van der Waals surface area contributed by atoms with Crippen LogP contribution in [0.3, 0.4) is 0 Å². The first-order chi connectivity index (χ1) is 13.6. The van der Waals surface area contributed by atoms with E-state index in [1.807, 2.05) is 6.07 Å². The van der Waals surface area contributed by atoms with Crippen molar-refractivity contribution < 1.29 is 0 Å². The van der Waals surface area contributed by atoms with Gasteiger partial charge in [0.2, 0.25) is 0 Å². The molecule has 0 saturated carbocycles. The summed E-state index contributed by atoms with van der Waals surface area (Å²) in [7, 11) is 0. The Hall–Kier alpha value is -1.68. The Balaban J connectivity index is 0.00000300. The molecule has 3 rings (SSSR count). The number of nitrogens with zero attached hydrogens (tertiary/aromatic N) is 4. The van der Waals surface area contributed by atoms with Gasteiger partial charge in [-0.25, -0.2) is 9.97 Å². The maximum absolute atomic E-state index is 4.72. The van der Waals surface area contributed by atoms with Crippen molar-refractivity contribution in [3.63, 3.8) is 0 Å². The number of benzene rings is 1. The molecule has 0 fully saturated rings. The zero-order valence-electron chi connectivity index (χ0n) is 17.7. The molecule has 3 aromatic rings. The van der Waals surface area contributed by atoms with Gasteiger partial charge >= 0.3 is 0 Å². The molecule has 0 unspecified atom stereocenters. The van der Waals surface area contributed by atoms with E-state index in [1.165, 1.54) is 15.4 Å². The third kappa shape index (κ3) is 6.40. The molecule has 8 heteroatoms. The van der Waals surface area contributed by atoms with Crippen molar-refractivity contribution in [3.05, 3.63) is 45.7 Å². The second-order valence-corrected chi connectivity index (χ2v) is 8.13. The van der Waals surface area contributed by atoms with Crippen LogP contribution in [0.1, 0.15) is 34.7 Å². The number of thiazole rings is 1. The highest BCUT2D eigenvalue weighted by atomic mass is 127. The summed E-state index contributed by atoms with van der Waals surface area (Å²) in [5.74, 6) is 1.93. The zero-order chi connectivity index (χ0) is 19.9. The summed E-state index contributed by atoms with van der Waals surface area (Å²) < 4.78 is 2.28. The fraction of sp³-hybridized carbons (Fsp3) is 0.476. The summed E-state index contributed by atoms with van der Waals surface area (Å²) in [6, 6.07) is 8.30. The number of fused-ring (bicyclic) bond motifs is 1. The maximum Gasteiger partial charge on any atom is 0.191 e. The summed E-state index contributed by atoms with van der Waals surface area (Å²) in [4.78, 5) is 15.3. The third-order valence-corrected chi connectivity index (χ3v) is 5.84. The number of imidazole rings is 1. The molecule has 0 amide bonds. The molecule has 6 nitrogen and oxygen atoms in total. The number of hydrogen-bond donors (Lipinski definition) is 2. The van der Waals surface area contributed by atoms with Crippen LogP contribution in [-0.4, -0.2) is 40.1 Å². The molecular weight excluding hydrogens is 495 g/mol. The van der Waals surface area contributed by atoms with E-state index in [4.69, 9.17) is 4.99 Å². The number of aryl methyl sites for hydroxylation is 4. The van der Waals surface area contributed by atoms with Gasteiger partial charge in [0.1, 0.15) is 5.82 Å². The molecule has 0 atom stereocenters. The van der Waals surface area contributed by atoms with E-state index in [1.54, 1.807) is 11.3 Å². The molecule has 0 aliphatic carbocycles. The minimum atomic E-state index is 0. The first-order valence-electron chi connectivity index (χ1n) is 9.95. The minimum absolute atomic E-state index is 0. The Morgan fingerprint density at radius 3 is 2.66 bits per heavy atom. The van der Waals surface area contributed by atoms with E-state index < -0.39 is 0 Å². The number of aromatic nitrogens is 3. The maximum atomic E-state index is 4.72. The van der Waals surface area contributed by atoms with E-state index in [-0.39, 0.29) is 24.0 Å². The highest BCUT2D eigenvalue weighted by Crippen LogP contribution is 2.17. The molecule has 0 spiro atoms. The SMILES string of the molecule is CCNC(=NCCCn1c(C)nc2ccccc21)NCCc1nc(C)c(C)s1.I. The lowest BCUT2D eigenvalue weighted by Gasteiger charge is -2.11. The first-order valence-corrected chi connectivity index (χ1v) is 10.8. The van der Waals surface area contributed by atoms with Crippen LogP contribution in [0, 0.1) is 20.8 Å². The van der Waals surface area contributed by atoms with Crippen molar-refractivity contribution in [2.45, 2.75) is 47.1 Å². The Bertz CT molecular complexity index is 926. The lowest BCUT2D eigenvalue weighted by Crippen LogP contribution is -2.38. The van der Waals surface area contributed by atoms with Crippen LogP contribution < -0.4 is 10.6 Å². The van der Waals surface area contributed by atoms with E-state index in [2.05, 4.69) is 71.1 Å². The minimum Gasteiger partial charge on any atom is -0.357 e. The largest absolute Gasteiger partial charge is 0.357 e. The Morgan fingerprint density at radius 1 is 1.14 bits per heavy atom. The van der Waals surface area contributed by atoms with Crippen LogP contribution >= 0.6 is 35.3 Å². The molecule has 2 aromatic heterocycles. The second kappa shape index (κ2) is 11.5.